The minimum Gasteiger partial charge on any atom is -0.391 e. The molecular formula is C13H32O2Si. The highest BCUT2D eigenvalue weighted by Gasteiger charge is 2.46. The van der Waals surface area contributed by atoms with E-state index in [4.69, 9.17) is 8.85 Å². The highest BCUT2D eigenvalue weighted by Crippen LogP contribution is 2.36. The van der Waals surface area contributed by atoms with Crippen LogP contribution < -0.4 is 0 Å². The van der Waals surface area contributed by atoms with Gasteiger partial charge in [-0.3, -0.25) is 0 Å². The van der Waals surface area contributed by atoms with Gasteiger partial charge < -0.3 is 8.85 Å². The largest absolute Gasteiger partial charge is 0.391 e. The van der Waals surface area contributed by atoms with Gasteiger partial charge in [-0.15, -0.1) is 0 Å². The van der Waals surface area contributed by atoms with Crippen LogP contribution in [-0.2, 0) is 8.85 Å². The fraction of sp³-hybridized carbons (Fsp3) is 1.00. The van der Waals surface area contributed by atoms with E-state index >= 15 is 0 Å². The molecule has 0 atom stereocenters. The highest BCUT2D eigenvalue weighted by atomic mass is 28.4. The van der Waals surface area contributed by atoms with Gasteiger partial charge in [-0.1, -0.05) is 35.1 Å². The maximum absolute atomic E-state index is 6.19. The van der Waals surface area contributed by atoms with E-state index in [0.29, 0.717) is 11.1 Å². The molecule has 0 rings (SSSR count). The van der Waals surface area contributed by atoms with Crippen molar-refractivity contribution < 1.29 is 8.85 Å². The van der Waals surface area contributed by atoms with Crippen LogP contribution in [0.25, 0.3) is 0 Å². The summed E-state index contributed by atoms with van der Waals surface area (Å²) in [6, 6.07) is 0. The second-order valence-corrected chi connectivity index (χ2v) is 9.59. The van der Waals surface area contributed by atoms with Gasteiger partial charge in [-0.25, -0.2) is 0 Å². The van der Waals surface area contributed by atoms with E-state index in [2.05, 4.69) is 55.4 Å². The van der Waals surface area contributed by atoms with Crippen molar-refractivity contribution in [3.63, 3.8) is 0 Å². The van der Waals surface area contributed by atoms with Crippen molar-refractivity contribution in [3.05, 3.63) is 0 Å². The summed E-state index contributed by atoms with van der Waals surface area (Å²) in [5.74, 6) is 0. The molecule has 0 aromatic rings. The van der Waals surface area contributed by atoms with Crippen LogP contribution in [0.5, 0.6) is 0 Å². The molecule has 0 spiro atoms. The van der Waals surface area contributed by atoms with E-state index < -0.39 is 8.56 Å². The van der Waals surface area contributed by atoms with Gasteiger partial charge in [0.1, 0.15) is 0 Å². The molecule has 0 N–H and O–H groups in total. The van der Waals surface area contributed by atoms with Crippen LogP contribution >= 0.6 is 0 Å². The average molecular weight is 248 g/mol. The Morgan fingerprint density at radius 2 is 0.875 bits per heavy atom. The summed E-state index contributed by atoms with van der Waals surface area (Å²) in [5.41, 5.74) is 0.976. The SMILES string of the molecule is C.CC(C)O[Si](OC(C)C)(C(C)C)C(C)C. The molecule has 0 saturated carbocycles. The highest BCUT2D eigenvalue weighted by molar-refractivity contribution is 6.70. The smallest absolute Gasteiger partial charge is 0.343 e. The third-order valence-corrected chi connectivity index (χ3v) is 7.35. The lowest BCUT2D eigenvalue weighted by Crippen LogP contribution is -2.51. The lowest BCUT2D eigenvalue weighted by molar-refractivity contribution is 0.0929. The van der Waals surface area contributed by atoms with Crippen molar-refractivity contribution in [2.24, 2.45) is 0 Å². The Bertz CT molecular complexity index is 157. The molecule has 0 unspecified atom stereocenters. The Balaban J connectivity index is 0. The van der Waals surface area contributed by atoms with Gasteiger partial charge in [0.25, 0.3) is 0 Å². The fourth-order valence-electron chi connectivity index (χ4n) is 1.98. The summed E-state index contributed by atoms with van der Waals surface area (Å²) >= 11 is 0. The zero-order valence-electron chi connectivity index (χ0n) is 11.6. The molecule has 0 aromatic carbocycles. The Labute approximate surface area is 104 Å². The molecule has 0 bridgehead atoms. The number of hydrogen-bond donors (Lipinski definition) is 0. The average Bonchev–Trinajstić information content (AvgIpc) is 1.99. The van der Waals surface area contributed by atoms with E-state index in [1.807, 2.05) is 0 Å². The first-order chi connectivity index (χ1) is 6.72. The molecule has 0 amide bonds. The van der Waals surface area contributed by atoms with Crippen molar-refractivity contribution in [2.45, 2.75) is 86.1 Å². The predicted molar refractivity (Wildman–Crippen MR) is 75.1 cm³/mol. The van der Waals surface area contributed by atoms with Crippen LogP contribution in [0.3, 0.4) is 0 Å². The summed E-state index contributed by atoms with van der Waals surface area (Å²) in [6.45, 7) is 17.3. The van der Waals surface area contributed by atoms with Gasteiger partial charge in [-0.05, 0) is 38.8 Å². The predicted octanol–water partition coefficient (Wildman–Crippen LogP) is 4.73. The van der Waals surface area contributed by atoms with Gasteiger partial charge in [0.15, 0.2) is 0 Å². The molecule has 0 aliphatic carbocycles. The molecule has 16 heavy (non-hydrogen) atoms. The third kappa shape index (κ3) is 4.98. The van der Waals surface area contributed by atoms with Crippen molar-refractivity contribution in [1.82, 2.24) is 0 Å². The van der Waals surface area contributed by atoms with Crippen LogP contribution in [0.1, 0.15) is 62.8 Å². The number of hydrogen-bond acceptors (Lipinski definition) is 2. The lowest BCUT2D eigenvalue weighted by atomic mass is 10.5. The third-order valence-electron chi connectivity index (χ3n) is 2.45. The Hall–Kier alpha value is 0.137. The molecule has 0 heterocycles. The number of rotatable bonds is 6. The van der Waals surface area contributed by atoms with E-state index in [9.17, 15) is 0 Å². The topological polar surface area (TPSA) is 18.5 Å². The molecule has 2 nitrogen and oxygen atoms in total. The first-order valence-electron chi connectivity index (χ1n) is 6.08. The van der Waals surface area contributed by atoms with Gasteiger partial charge in [0.2, 0.25) is 0 Å². The summed E-state index contributed by atoms with van der Waals surface area (Å²) in [6.07, 6.45) is 0.500. The van der Waals surface area contributed by atoms with E-state index in [1.54, 1.807) is 0 Å². The molecule has 0 fully saturated rings. The first kappa shape index (κ1) is 18.5. The van der Waals surface area contributed by atoms with Crippen LogP contribution in [0.15, 0.2) is 0 Å². The minimum absolute atomic E-state index is 0. The van der Waals surface area contributed by atoms with Crippen molar-refractivity contribution in [3.8, 4) is 0 Å². The second kappa shape index (κ2) is 7.46. The van der Waals surface area contributed by atoms with E-state index in [1.165, 1.54) is 0 Å². The maximum atomic E-state index is 6.19. The van der Waals surface area contributed by atoms with Gasteiger partial charge in [-0.2, -0.15) is 0 Å². The van der Waals surface area contributed by atoms with Crippen LogP contribution in [0.2, 0.25) is 11.1 Å². The Morgan fingerprint density at radius 1 is 0.625 bits per heavy atom. The van der Waals surface area contributed by atoms with E-state index in [-0.39, 0.29) is 19.6 Å². The zero-order valence-corrected chi connectivity index (χ0v) is 12.6. The summed E-state index contributed by atoms with van der Waals surface area (Å²) in [4.78, 5) is 0. The molecule has 0 saturated heterocycles. The van der Waals surface area contributed by atoms with Crippen LogP contribution in [-0.4, -0.2) is 20.8 Å². The Kier molecular flexibility index (Phi) is 8.63. The van der Waals surface area contributed by atoms with Crippen molar-refractivity contribution >= 4 is 8.56 Å². The monoisotopic (exact) mass is 248 g/mol. The normalized spacial score (nSPS) is 12.8. The molecule has 100 valence electrons. The molecule has 0 aliphatic heterocycles. The molecule has 0 radical (unpaired) electrons. The molecule has 3 heteroatoms. The molecule has 0 aliphatic rings. The van der Waals surface area contributed by atoms with E-state index in [0.717, 1.165) is 0 Å². The summed E-state index contributed by atoms with van der Waals surface area (Å²) < 4.78 is 12.4. The first-order valence-corrected chi connectivity index (χ1v) is 8.05. The van der Waals surface area contributed by atoms with Crippen LogP contribution in [0.4, 0.5) is 0 Å². The van der Waals surface area contributed by atoms with Crippen LogP contribution in [0, 0.1) is 0 Å². The van der Waals surface area contributed by atoms with Gasteiger partial charge >= 0.3 is 8.56 Å². The van der Waals surface area contributed by atoms with Gasteiger partial charge in [0, 0.05) is 12.2 Å². The lowest BCUT2D eigenvalue weighted by Gasteiger charge is -2.40. The van der Waals surface area contributed by atoms with Gasteiger partial charge in [0.05, 0.1) is 0 Å². The summed E-state index contributed by atoms with van der Waals surface area (Å²) in [7, 11) is -2.08. The standard InChI is InChI=1S/C12H28O2Si.CH4/c1-9(2)13-15(11(5)6,12(7)8)14-10(3)4;/h9-12H,1-8H3;1H4. The fourth-order valence-corrected chi connectivity index (χ4v) is 5.93. The second-order valence-electron chi connectivity index (χ2n) is 5.36. The molecule has 0 aromatic heterocycles. The minimum atomic E-state index is -2.08. The summed E-state index contributed by atoms with van der Waals surface area (Å²) in [5, 5.41) is 0. The van der Waals surface area contributed by atoms with Crippen molar-refractivity contribution in [1.29, 1.82) is 0 Å². The Morgan fingerprint density at radius 3 is 1.00 bits per heavy atom. The van der Waals surface area contributed by atoms with Crippen molar-refractivity contribution in [2.75, 3.05) is 0 Å². The molecular weight excluding hydrogens is 216 g/mol. The quantitative estimate of drug-likeness (QED) is 0.632. The maximum Gasteiger partial charge on any atom is 0.343 e. The zero-order chi connectivity index (χ0) is 12.2.